The van der Waals surface area contributed by atoms with Crippen LogP contribution < -0.4 is 14.8 Å². The Hall–Kier alpha value is -2.00. The molecule has 1 N–H and O–H groups in total. The highest BCUT2D eigenvalue weighted by Gasteiger charge is 2.19. The number of nitrogens with one attached hydrogen (secondary N) is 1. The van der Waals surface area contributed by atoms with Crippen LogP contribution in [-0.4, -0.2) is 26.3 Å². The molecule has 2 aromatic carbocycles. The van der Waals surface area contributed by atoms with Gasteiger partial charge in [0.15, 0.2) is 0 Å². The van der Waals surface area contributed by atoms with Crippen LogP contribution >= 0.6 is 0 Å². The van der Waals surface area contributed by atoms with Crippen LogP contribution in [0.2, 0.25) is 0 Å². The first-order chi connectivity index (χ1) is 10.8. The summed E-state index contributed by atoms with van der Waals surface area (Å²) in [6, 6.07) is 16.7. The number of benzene rings is 2. The van der Waals surface area contributed by atoms with Crippen molar-refractivity contribution in [3.8, 4) is 11.5 Å². The van der Waals surface area contributed by atoms with E-state index in [0.717, 1.165) is 43.9 Å². The molecule has 0 radical (unpaired) electrons. The van der Waals surface area contributed by atoms with Gasteiger partial charge in [0.1, 0.15) is 17.6 Å². The zero-order valence-corrected chi connectivity index (χ0v) is 13.0. The van der Waals surface area contributed by atoms with Crippen LogP contribution in [0.25, 0.3) is 0 Å². The summed E-state index contributed by atoms with van der Waals surface area (Å²) in [6.45, 7) is 1.87. The molecule has 0 aromatic heterocycles. The topological polar surface area (TPSA) is 30.5 Å². The molecule has 116 valence electrons. The van der Waals surface area contributed by atoms with Crippen molar-refractivity contribution in [2.75, 3.05) is 20.2 Å². The van der Waals surface area contributed by atoms with E-state index in [1.54, 1.807) is 7.11 Å². The molecule has 3 rings (SSSR count). The molecule has 0 fully saturated rings. The first-order valence-electron chi connectivity index (χ1n) is 7.93. The van der Waals surface area contributed by atoms with Gasteiger partial charge in [-0.15, -0.1) is 0 Å². The lowest BCUT2D eigenvalue weighted by molar-refractivity contribution is 0.170. The highest BCUT2D eigenvalue weighted by molar-refractivity contribution is 5.42. The van der Waals surface area contributed by atoms with Crippen LogP contribution in [-0.2, 0) is 12.8 Å². The van der Waals surface area contributed by atoms with Gasteiger partial charge in [0, 0.05) is 12.6 Å². The minimum absolute atomic E-state index is 0.246. The largest absolute Gasteiger partial charge is 0.497 e. The van der Waals surface area contributed by atoms with Gasteiger partial charge in [-0.1, -0.05) is 36.4 Å². The monoisotopic (exact) mass is 297 g/mol. The molecule has 1 atom stereocenters. The third-order valence-electron chi connectivity index (χ3n) is 4.11. The first-order valence-corrected chi connectivity index (χ1v) is 7.93. The van der Waals surface area contributed by atoms with Crippen molar-refractivity contribution in [1.29, 1.82) is 0 Å². The third-order valence-corrected chi connectivity index (χ3v) is 4.11. The summed E-state index contributed by atoms with van der Waals surface area (Å²) in [5.74, 6) is 1.83. The Balaban J connectivity index is 1.46. The average molecular weight is 297 g/mol. The summed E-state index contributed by atoms with van der Waals surface area (Å²) >= 11 is 0. The van der Waals surface area contributed by atoms with Crippen molar-refractivity contribution in [3.63, 3.8) is 0 Å². The number of hydrogen-bond donors (Lipinski definition) is 1. The van der Waals surface area contributed by atoms with Crippen LogP contribution in [0.5, 0.6) is 11.5 Å². The van der Waals surface area contributed by atoms with Crippen molar-refractivity contribution in [2.24, 2.45) is 0 Å². The van der Waals surface area contributed by atoms with Crippen LogP contribution in [0.3, 0.4) is 0 Å². The van der Waals surface area contributed by atoms with E-state index in [-0.39, 0.29) is 6.10 Å². The van der Waals surface area contributed by atoms with Gasteiger partial charge in [-0.2, -0.15) is 0 Å². The van der Waals surface area contributed by atoms with Crippen molar-refractivity contribution < 1.29 is 9.47 Å². The van der Waals surface area contributed by atoms with Gasteiger partial charge >= 0.3 is 0 Å². The number of ether oxygens (including phenoxy) is 2. The Kier molecular flexibility index (Phi) is 4.96. The fraction of sp³-hybridized carbons (Fsp3) is 0.368. The second kappa shape index (κ2) is 7.32. The minimum Gasteiger partial charge on any atom is -0.497 e. The summed E-state index contributed by atoms with van der Waals surface area (Å²) < 4.78 is 11.4. The summed E-state index contributed by atoms with van der Waals surface area (Å²) in [5, 5.41) is 3.51. The smallest absolute Gasteiger partial charge is 0.126 e. The van der Waals surface area contributed by atoms with Crippen LogP contribution in [0.15, 0.2) is 48.5 Å². The molecule has 3 heteroatoms. The van der Waals surface area contributed by atoms with Crippen molar-refractivity contribution in [2.45, 2.75) is 25.4 Å². The van der Waals surface area contributed by atoms with Gasteiger partial charge in [-0.25, -0.2) is 0 Å². The normalized spacial score (nSPS) is 16.7. The van der Waals surface area contributed by atoms with E-state index in [0.29, 0.717) is 0 Å². The lowest BCUT2D eigenvalue weighted by Crippen LogP contribution is -2.35. The molecular weight excluding hydrogens is 274 g/mol. The Morgan fingerprint density at radius 2 is 2.05 bits per heavy atom. The zero-order valence-electron chi connectivity index (χ0n) is 13.0. The van der Waals surface area contributed by atoms with E-state index < -0.39 is 0 Å². The SMILES string of the molecule is COc1ccc2c(c1)OC(CNCCc1ccccc1)CC2. The molecule has 1 aliphatic rings. The van der Waals surface area contributed by atoms with E-state index in [9.17, 15) is 0 Å². The van der Waals surface area contributed by atoms with Gasteiger partial charge in [-0.05, 0) is 43.0 Å². The molecule has 0 saturated heterocycles. The van der Waals surface area contributed by atoms with Gasteiger partial charge in [0.25, 0.3) is 0 Å². The minimum atomic E-state index is 0.246. The quantitative estimate of drug-likeness (QED) is 0.831. The van der Waals surface area contributed by atoms with E-state index in [1.807, 2.05) is 12.1 Å². The zero-order chi connectivity index (χ0) is 15.2. The molecule has 1 unspecified atom stereocenters. The Morgan fingerprint density at radius 1 is 1.18 bits per heavy atom. The number of methoxy groups -OCH3 is 1. The summed E-state index contributed by atoms with van der Waals surface area (Å²) in [4.78, 5) is 0. The molecule has 3 nitrogen and oxygen atoms in total. The number of rotatable bonds is 6. The van der Waals surface area contributed by atoms with E-state index in [2.05, 4.69) is 41.7 Å². The van der Waals surface area contributed by atoms with E-state index in [1.165, 1.54) is 11.1 Å². The Labute approximate surface area is 132 Å². The predicted octanol–water partition coefficient (Wildman–Crippen LogP) is 3.22. The Bertz CT molecular complexity index is 598. The first kappa shape index (κ1) is 14.9. The van der Waals surface area contributed by atoms with E-state index in [4.69, 9.17) is 9.47 Å². The number of fused-ring (bicyclic) bond motifs is 1. The molecule has 1 aliphatic heterocycles. The number of aryl methyl sites for hydroxylation is 1. The fourth-order valence-electron chi connectivity index (χ4n) is 2.82. The highest BCUT2D eigenvalue weighted by atomic mass is 16.5. The second-order valence-corrected chi connectivity index (χ2v) is 5.69. The molecule has 2 aromatic rings. The Morgan fingerprint density at radius 3 is 2.86 bits per heavy atom. The molecule has 0 amide bonds. The maximum atomic E-state index is 6.08. The predicted molar refractivity (Wildman–Crippen MR) is 88.7 cm³/mol. The van der Waals surface area contributed by atoms with Crippen LogP contribution in [0.4, 0.5) is 0 Å². The molecule has 0 aliphatic carbocycles. The third kappa shape index (κ3) is 3.80. The highest BCUT2D eigenvalue weighted by Crippen LogP contribution is 2.31. The molecule has 0 bridgehead atoms. The van der Waals surface area contributed by atoms with Crippen molar-refractivity contribution in [1.82, 2.24) is 5.32 Å². The summed E-state index contributed by atoms with van der Waals surface area (Å²) in [5.41, 5.74) is 2.65. The summed E-state index contributed by atoms with van der Waals surface area (Å²) in [7, 11) is 1.69. The fourth-order valence-corrected chi connectivity index (χ4v) is 2.82. The standard InChI is InChI=1S/C19H23NO2/c1-21-17-9-7-16-8-10-18(22-19(16)13-17)14-20-12-11-15-5-3-2-4-6-15/h2-7,9,13,18,20H,8,10-12,14H2,1H3. The molecular formula is C19H23NO2. The molecule has 0 spiro atoms. The van der Waals surface area contributed by atoms with Gasteiger partial charge in [-0.3, -0.25) is 0 Å². The lowest BCUT2D eigenvalue weighted by atomic mass is 10.0. The molecule has 0 saturated carbocycles. The molecule has 1 heterocycles. The van der Waals surface area contributed by atoms with Gasteiger partial charge < -0.3 is 14.8 Å². The van der Waals surface area contributed by atoms with Gasteiger partial charge in [0.2, 0.25) is 0 Å². The average Bonchev–Trinajstić information content (AvgIpc) is 2.59. The maximum Gasteiger partial charge on any atom is 0.126 e. The second-order valence-electron chi connectivity index (χ2n) is 5.69. The van der Waals surface area contributed by atoms with Crippen LogP contribution in [0.1, 0.15) is 17.5 Å². The molecule has 22 heavy (non-hydrogen) atoms. The van der Waals surface area contributed by atoms with Gasteiger partial charge in [0.05, 0.1) is 7.11 Å². The van der Waals surface area contributed by atoms with Crippen LogP contribution in [0, 0.1) is 0 Å². The summed E-state index contributed by atoms with van der Waals surface area (Å²) in [6.07, 6.45) is 3.44. The maximum absolute atomic E-state index is 6.08. The lowest BCUT2D eigenvalue weighted by Gasteiger charge is -2.26. The van der Waals surface area contributed by atoms with Crippen molar-refractivity contribution >= 4 is 0 Å². The van der Waals surface area contributed by atoms with E-state index >= 15 is 0 Å². The van der Waals surface area contributed by atoms with Crippen molar-refractivity contribution in [3.05, 3.63) is 59.7 Å². The number of hydrogen-bond acceptors (Lipinski definition) is 3.